The normalized spacial score (nSPS) is 38.4. The molecule has 0 bridgehead atoms. The number of ether oxygens (including phenoxy) is 5. The number of fused-ring (bicyclic) bond motifs is 2. The molecule has 0 aromatic rings. The second kappa shape index (κ2) is 12.6. The molecule has 2 aliphatic carbocycles. The van der Waals surface area contributed by atoms with E-state index in [1.54, 1.807) is 20.8 Å². The Labute approximate surface area is 246 Å². The number of esters is 5. The molecule has 0 radical (unpaired) electrons. The van der Waals surface area contributed by atoms with Crippen molar-refractivity contribution in [2.45, 2.75) is 117 Å². The van der Waals surface area contributed by atoms with E-state index in [1.807, 2.05) is 6.92 Å². The van der Waals surface area contributed by atoms with Crippen LogP contribution in [-0.4, -0.2) is 71.1 Å². The van der Waals surface area contributed by atoms with Crippen LogP contribution in [0.25, 0.3) is 0 Å². The minimum Gasteiger partial charge on any atom is -0.462 e. The second-order valence-electron chi connectivity index (χ2n) is 12.1. The number of aliphatic hydroxyl groups is 1. The zero-order valence-corrected chi connectivity index (χ0v) is 25.8. The second-order valence-corrected chi connectivity index (χ2v) is 12.1. The predicted molar refractivity (Wildman–Crippen MR) is 148 cm³/mol. The lowest BCUT2D eigenvalue weighted by Crippen LogP contribution is -2.66. The van der Waals surface area contributed by atoms with Crippen molar-refractivity contribution in [3.05, 3.63) is 23.8 Å². The summed E-state index contributed by atoms with van der Waals surface area (Å²) in [5, 5.41) is 12.5. The van der Waals surface area contributed by atoms with Crippen LogP contribution in [0.4, 0.5) is 0 Å². The standard InChI is InChI=1S/C31H44O11/c1-10-15(2)28(35)41-24-14-22(38-19(6)32)17(4)13-25-31(37,18(5)29(36)42-25)27(40-21(8)34)26-16(3)11-12-23(30(24,26)9)39-20(7)33/h13,15,18,22-27,37H,3,10-12,14H2,1-2,4-9H3/b17-13-/t15-,18+,22-,23+,24+,25+,26-,27+,30-,31+/m1/s1. The van der Waals surface area contributed by atoms with Crippen molar-refractivity contribution in [1.29, 1.82) is 0 Å². The lowest BCUT2D eigenvalue weighted by Gasteiger charge is -2.56. The molecule has 42 heavy (non-hydrogen) atoms. The first kappa shape index (κ1) is 33.3. The Hall–Kier alpha value is -3.21. The lowest BCUT2D eigenvalue weighted by molar-refractivity contribution is -0.223. The molecule has 2 fully saturated rings. The van der Waals surface area contributed by atoms with Crippen LogP contribution in [0.1, 0.15) is 81.1 Å². The van der Waals surface area contributed by atoms with Gasteiger partial charge in [0.1, 0.15) is 24.4 Å². The molecule has 1 saturated carbocycles. The molecule has 3 rings (SSSR count). The fraction of sp³-hybridized carbons (Fsp3) is 0.710. The van der Waals surface area contributed by atoms with Crippen LogP contribution in [0.5, 0.6) is 0 Å². The molecule has 0 spiro atoms. The van der Waals surface area contributed by atoms with Gasteiger partial charge in [-0.25, -0.2) is 0 Å². The van der Waals surface area contributed by atoms with Crippen LogP contribution in [0.3, 0.4) is 0 Å². The van der Waals surface area contributed by atoms with E-state index in [2.05, 4.69) is 6.58 Å². The summed E-state index contributed by atoms with van der Waals surface area (Å²) in [6.07, 6.45) is -3.09. The van der Waals surface area contributed by atoms with Gasteiger partial charge in [-0.05, 0) is 44.8 Å². The van der Waals surface area contributed by atoms with E-state index in [0.717, 1.165) is 0 Å². The van der Waals surface area contributed by atoms with Crippen molar-refractivity contribution in [3.63, 3.8) is 0 Å². The van der Waals surface area contributed by atoms with Crippen molar-refractivity contribution >= 4 is 29.8 Å². The smallest absolute Gasteiger partial charge is 0.312 e. The summed E-state index contributed by atoms with van der Waals surface area (Å²) in [6.45, 7) is 16.4. The Balaban J connectivity index is 2.42. The molecule has 0 amide bonds. The summed E-state index contributed by atoms with van der Waals surface area (Å²) in [7, 11) is 0. The Morgan fingerprint density at radius 2 is 1.67 bits per heavy atom. The Morgan fingerprint density at radius 3 is 2.21 bits per heavy atom. The molecule has 0 aromatic carbocycles. The van der Waals surface area contributed by atoms with Crippen LogP contribution < -0.4 is 0 Å². The third-order valence-electron chi connectivity index (χ3n) is 9.26. The highest BCUT2D eigenvalue weighted by Crippen LogP contribution is 2.56. The summed E-state index contributed by atoms with van der Waals surface area (Å²) in [4.78, 5) is 63.6. The number of carbonyl (C=O) groups is 5. The highest BCUT2D eigenvalue weighted by molar-refractivity contribution is 5.78. The first-order chi connectivity index (χ1) is 19.5. The maximum absolute atomic E-state index is 13.4. The SMILES string of the molecule is C=C1CC[C@H](OC(C)=O)[C@]2(C)[C@@H](OC(=O)[C@H](C)CC)C[C@@H](OC(C)=O)/C(C)=C\[C@@H]3OC(=O)[C@H](C)[C@@]3(O)[C@@H](OC(C)=O)[C@@H]12. The molecular formula is C31H44O11. The van der Waals surface area contributed by atoms with Crippen LogP contribution >= 0.6 is 0 Å². The third kappa shape index (κ3) is 6.11. The number of carbonyl (C=O) groups excluding carboxylic acids is 5. The molecule has 3 aliphatic rings. The van der Waals surface area contributed by atoms with E-state index in [0.29, 0.717) is 30.4 Å². The van der Waals surface area contributed by atoms with Gasteiger partial charge >= 0.3 is 29.8 Å². The molecule has 1 aliphatic heterocycles. The van der Waals surface area contributed by atoms with Crippen molar-refractivity contribution in [2.24, 2.45) is 23.2 Å². The molecular weight excluding hydrogens is 548 g/mol. The monoisotopic (exact) mass is 592 g/mol. The molecule has 0 aromatic heterocycles. The van der Waals surface area contributed by atoms with Crippen molar-refractivity contribution in [2.75, 3.05) is 0 Å². The fourth-order valence-corrected chi connectivity index (χ4v) is 6.62. The highest BCUT2D eigenvalue weighted by Gasteiger charge is 2.68. The van der Waals surface area contributed by atoms with Gasteiger partial charge in [0.25, 0.3) is 0 Å². The van der Waals surface area contributed by atoms with E-state index in [-0.39, 0.29) is 6.42 Å². The average molecular weight is 593 g/mol. The van der Waals surface area contributed by atoms with Crippen LogP contribution in [0.2, 0.25) is 0 Å². The molecule has 10 atom stereocenters. The average Bonchev–Trinajstić information content (AvgIpc) is 3.10. The summed E-state index contributed by atoms with van der Waals surface area (Å²) >= 11 is 0. The maximum Gasteiger partial charge on any atom is 0.312 e. The molecule has 11 heteroatoms. The van der Waals surface area contributed by atoms with E-state index >= 15 is 0 Å². The van der Waals surface area contributed by atoms with Crippen molar-refractivity contribution in [1.82, 2.24) is 0 Å². The summed E-state index contributed by atoms with van der Waals surface area (Å²) < 4.78 is 29.3. The van der Waals surface area contributed by atoms with E-state index < -0.39 is 89.1 Å². The zero-order chi connectivity index (χ0) is 31.7. The molecule has 234 valence electrons. The molecule has 0 unspecified atom stereocenters. The summed E-state index contributed by atoms with van der Waals surface area (Å²) in [5.74, 6) is -5.78. The Bertz CT molecular complexity index is 1160. The highest BCUT2D eigenvalue weighted by atomic mass is 16.6. The van der Waals surface area contributed by atoms with Gasteiger partial charge in [0, 0.05) is 33.1 Å². The molecule has 11 nitrogen and oxygen atoms in total. The third-order valence-corrected chi connectivity index (χ3v) is 9.26. The Kier molecular flexibility index (Phi) is 9.96. The van der Waals surface area contributed by atoms with Crippen molar-refractivity contribution in [3.8, 4) is 0 Å². The molecule has 1 saturated heterocycles. The lowest BCUT2D eigenvalue weighted by atomic mass is 9.54. The van der Waals surface area contributed by atoms with Crippen LogP contribution in [0, 0.1) is 23.2 Å². The predicted octanol–water partition coefficient (Wildman–Crippen LogP) is 3.35. The van der Waals surface area contributed by atoms with Gasteiger partial charge in [-0.2, -0.15) is 0 Å². The van der Waals surface area contributed by atoms with Gasteiger partial charge in [0.2, 0.25) is 0 Å². The summed E-state index contributed by atoms with van der Waals surface area (Å²) in [6, 6.07) is 0. The Morgan fingerprint density at radius 1 is 1.07 bits per heavy atom. The maximum atomic E-state index is 13.4. The fourth-order valence-electron chi connectivity index (χ4n) is 6.62. The van der Waals surface area contributed by atoms with Crippen LogP contribution in [0.15, 0.2) is 23.8 Å². The number of hydrogen-bond donors (Lipinski definition) is 1. The van der Waals surface area contributed by atoms with Gasteiger partial charge in [-0.15, -0.1) is 0 Å². The van der Waals surface area contributed by atoms with Gasteiger partial charge in [0.15, 0.2) is 11.7 Å². The topological polar surface area (TPSA) is 152 Å². The van der Waals surface area contributed by atoms with E-state index in [1.165, 1.54) is 33.8 Å². The molecule has 1 heterocycles. The van der Waals surface area contributed by atoms with E-state index in [4.69, 9.17) is 23.7 Å². The first-order valence-electron chi connectivity index (χ1n) is 14.5. The van der Waals surface area contributed by atoms with E-state index in [9.17, 15) is 29.1 Å². The number of rotatable bonds is 6. The minimum absolute atomic E-state index is 0.0520. The van der Waals surface area contributed by atoms with Gasteiger partial charge in [-0.3, -0.25) is 24.0 Å². The van der Waals surface area contributed by atoms with Gasteiger partial charge in [0.05, 0.1) is 17.3 Å². The first-order valence-corrected chi connectivity index (χ1v) is 14.5. The van der Waals surface area contributed by atoms with Gasteiger partial charge < -0.3 is 28.8 Å². The zero-order valence-electron chi connectivity index (χ0n) is 25.8. The quantitative estimate of drug-likeness (QED) is 0.275. The number of hydrogen-bond acceptors (Lipinski definition) is 11. The van der Waals surface area contributed by atoms with Crippen molar-refractivity contribution < 1.29 is 52.8 Å². The minimum atomic E-state index is -2.11. The largest absolute Gasteiger partial charge is 0.462 e. The van der Waals surface area contributed by atoms with Crippen LogP contribution in [-0.2, 0) is 47.7 Å². The molecule has 1 N–H and O–H groups in total. The summed E-state index contributed by atoms with van der Waals surface area (Å²) in [5.41, 5.74) is -2.52. The van der Waals surface area contributed by atoms with Gasteiger partial charge in [-0.1, -0.05) is 32.9 Å².